The fraction of sp³-hybridized carbons (Fsp3) is 0.0323. The van der Waals surface area contributed by atoms with Crippen molar-refractivity contribution in [2.75, 3.05) is 0 Å². The van der Waals surface area contributed by atoms with Crippen molar-refractivity contribution >= 4 is 22.9 Å². The standard InChI is InChI=1S/C31H22N8/c1-3-6-20-15-28(38-30(22(20)4-2)26-10-13-33-18-35-26)24-7-5-8-25(37-24)29-16-21-9-12-32-17-23(21)31(39-29)27-11-14-34-19-36-27/h3-19H,2H2,1H3/b6-3-. The van der Waals surface area contributed by atoms with Crippen LogP contribution in [-0.2, 0) is 0 Å². The molecule has 6 aromatic heterocycles. The Labute approximate surface area is 225 Å². The molecular weight excluding hydrogens is 484 g/mol. The summed E-state index contributed by atoms with van der Waals surface area (Å²) < 4.78 is 0. The van der Waals surface area contributed by atoms with Crippen LogP contribution in [0.15, 0.2) is 98.6 Å². The van der Waals surface area contributed by atoms with Gasteiger partial charge in [-0.3, -0.25) is 4.98 Å². The largest absolute Gasteiger partial charge is 0.264 e. The third-order valence-corrected chi connectivity index (χ3v) is 6.20. The Kier molecular flexibility index (Phi) is 6.41. The number of hydrogen-bond donors (Lipinski definition) is 0. The van der Waals surface area contributed by atoms with E-state index in [1.165, 1.54) is 12.7 Å². The number of pyridine rings is 4. The van der Waals surface area contributed by atoms with E-state index in [1.807, 2.05) is 67.6 Å². The molecule has 186 valence electrons. The van der Waals surface area contributed by atoms with Gasteiger partial charge in [-0.05, 0) is 60.3 Å². The average Bonchev–Trinajstić information content (AvgIpc) is 3.01. The fourth-order valence-electron chi connectivity index (χ4n) is 4.43. The molecule has 6 heterocycles. The molecule has 6 rings (SSSR count). The quantitative estimate of drug-likeness (QED) is 0.258. The third kappa shape index (κ3) is 4.67. The first-order valence-corrected chi connectivity index (χ1v) is 12.3. The Morgan fingerprint density at radius 2 is 1.33 bits per heavy atom. The summed E-state index contributed by atoms with van der Waals surface area (Å²) in [6, 6.07) is 15.5. The van der Waals surface area contributed by atoms with Crippen LogP contribution in [0.4, 0.5) is 0 Å². The topological polar surface area (TPSA) is 103 Å². The molecule has 8 nitrogen and oxygen atoms in total. The van der Waals surface area contributed by atoms with Gasteiger partial charge < -0.3 is 0 Å². The molecule has 0 spiro atoms. The second-order valence-electron chi connectivity index (χ2n) is 8.61. The Bertz CT molecular complexity index is 1830. The molecule has 0 unspecified atom stereocenters. The summed E-state index contributed by atoms with van der Waals surface area (Å²) in [6.45, 7) is 6.00. The SMILES string of the molecule is C=Cc1c(/C=C\C)cc(-c2cccc(-c3cc4ccncc4c(-c4ccncn4)n3)n2)nc1-c1ccncn1. The zero-order valence-electron chi connectivity index (χ0n) is 21.1. The van der Waals surface area contributed by atoms with Crippen molar-refractivity contribution in [1.82, 2.24) is 39.9 Å². The van der Waals surface area contributed by atoms with E-state index in [0.717, 1.165) is 33.3 Å². The second-order valence-corrected chi connectivity index (χ2v) is 8.61. The van der Waals surface area contributed by atoms with Crippen molar-refractivity contribution in [2.24, 2.45) is 0 Å². The normalized spacial score (nSPS) is 11.2. The minimum Gasteiger partial charge on any atom is -0.264 e. The molecule has 0 aliphatic heterocycles. The number of aromatic nitrogens is 8. The predicted octanol–water partition coefficient (Wildman–Crippen LogP) is 6.34. The Morgan fingerprint density at radius 1 is 0.667 bits per heavy atom. The van der Waals surface area contributed by atoms with Gasteiger partial charge in [-0.2, -0.15) is 0 Å². The molecular formula is C31H22N8. The lowest BCUT2D eigenvalue weighted by Crippen LogP contribution is -1.99. The van der Waals surface area contributed by atoms with Crippen molar-refractivity contribution in [3.8, 4) is 45.6 Å². The average molecular weight is 507 g/mol. The molecule has 0 bridgehead atoms. The van der Waals surface area contributed by atoms with Crippen LogP contribution in [-0.4, -0.2) is 39.9 Å². The van der Waals surface area contributed by atoms with Gasteiger partial charge in [0.15, 0.2) is 0 Å². The highest BCUT2D eigenvalue weighted by atomic mass is 14.9. The third-order valence-electron chi connectivity index (χ3n) is 6.20. The van der Waals surface area contributed by atoms with Crippen molar-refractivity contribution in [3.05, 3.63) is 110 Å². The van der Waals surface area contributed by atoms with E-state index in [1.54, 1.807) is 30.9 Å². The van der Waals surface area contributed by atoms with Gasteiger partial charge in [-0.1, -0.05) is 30.9 Å². The molecule has 0 aliphatic carbocycles. The first-order chi connectivity index (χ1) is 19.2. The molecule has 0 saturated carbocycles. The summed E-state index contributed by atoms with van der Waals surface area (Å²) >= 11 is 0. The van der Waals surface area contributed by atoms with Gasteiger partial charge in [0, 0.05) is 35.7 Å². The molecule has 0 amide bonds. The minimum absolute atomic E-state index is 0.711. The van der Waals surface area contributed by atoms with E-state index >= 15 is 0 Å². The number of allylic oxidation sites excluding steroid dienone is 1. The first kappa shape index (κ1) is 23.9. The van der Waals surface area contributed by atoms with E-state index in [4.69, 9.17) is 15.0 Å². The molecule has 0 aliphatic rings. The number of fused-ring (bicyclic) bond motifs is 1. The van der Waals surface area contributed by atoms with Gasteiger partial charge >= 0.3 is 0 Å². The maximum Gasteiger partial charge on any atom is 0.116 e. The van der Waals surface area contributed by atoms with Crippen LogP contribution < -0.4 is 0 Å². The van der Waals surface area contributed by atoms with Gasteiger partial charge in [0.25, 0.3) is 0 Å². The van der Waals surface area contributed by atoms with E-state index in [2.05, 4.69) is 31.5 Å². The molecule has 0 N–H and O–H groups in total. The van der Waals surface area contributed by atoms with Crippen LogP contribution in [0.3, 0.4) is 0 Å². The second kappa shape index (κ2) is 10.5. The van der Waals surface area contributed by atoms with E-state index in [9.17, 15) is 0 Å². The minimum atomic E-state index is 0.711. The summed E-state index contributed by atoms with van der Waals surface area (Å²) in [5.41, 5.74) is 7.59. The van der Waals surface area contributed by atoms with Gasteiger partial charge in [-0.15, -0.1) is 0 Å². The Balaban J connectivity index is 1.52. The van der Waals surface area contributed by atoms with Crippen molar-refractivity contribution < 1.29 is 0 Å². The smallest absolute Gasteiger partial charge is 0.116 e. The van der Waals surface area contributed by atoms with Gasteiger partial charge in [0.1, 0.15) is 12.7 Å². The molecule has 0 atom stereocenters. The maximum atomic E-state index is 4.99. The van der Waals surface area contributed by atoms with Crippen molar-refractivity contribution in [1.29, 1.82) is 0 Å². The van der Waals surface area contributed by atoms with Gasteiger partial charge in [0.05, 0.1) is 45.6 Å². The van der Waals surface area contributed by atoms with Crippen LogP contribution in [0, 0.1) is 0 Å². The van der Waals surface area contributed by atoms with Crippen LogP contribution in [0.1, 0.15) is 18.1 Å². The molecule has 6 aromatic rings. The van der Waals surface area contributed by atoms with Gasteiger partial charge in [0.2, 0.25) is 0 Å². The van der Waals surface area contributed by atoms with E-state index < -0.39 is 0 Å². The van der Waals surface area contributed by atoms with Crippen molar-refractivity contribution in [3.63, 3.8) is 0 Å². The predicted molar refractivity (Wildman–Crippen MR) is 153 cm³/mol. The molecule has 0 aromatic carbocycles. The van der Waals surface area contributed by atoms with Crippen LogP contribution in [0.5, 0.6) is 0 Å². The van der Waals surface area contributed by atoms with E-state index in [0.29, 0.717) is 34.2 Å². The number of nitrogens with zero attached hydrogens (tertiary/aromatic N) is 8. The van der Waals surface area contributed by atoms with Crippen LogP contribution in [0.2, 0.25) is 0 Å². The lowest BCUT2D eigenvalue weighted by molar-refractivity contribution is 1.14. The number of hydrogen-bond acceptors (Lipinski definition) is 8. The summed E-state index contributed by atoms with van der Waals surface area (Å²) in [6.07, 6.45) is 15.8. The summed E-state index contributed by atoms with van der Waals surface area (Å²) in [5.74, 6) is 0. The van der Waals surface area contributed by atoms with Crippen LogP contribution >= 0.6 is 0 Å². The highest BCUT2D eigenvalue weighted by Crippen LogP contribution is 2.32. The van der Waals surface area contributed by atoms with E-state index in [-0.39, 0.29) is 0 Å². The highest BCUT2D eigenvalue weighted by Gasteiger charge is 2.16. The molecule has 0 radical (unpaired) electrons. The maximum absolute atomic E-state index is 4.99. The molecule has 39 heavy (non-hydrogen) atoms. The zero-order chi connectivity index (χ0) is 26.6. The number of rotatable bonds is 6. The molecule has 0 saturated heterocycles. The first-order valence-electron chi connectivity index (χ1n) is 12.3. The lowest BCUT2D eigenvalue weighted by Gasteiger charge is -2.13. The fourth-order valence-corrected chi connectivity index (χ4v) is 4.43. The summed E-state index contributed by atoms with van der Waals surface area (Å²) in [7, 11) is 0. The Morgan fingerprint density at radius 3 is 2.00 bits per heavy atom. The van der Waals surface area contributed by atoms with Crippen LogP contribution in [0.25, 0.3) is 68.5 Å². The van der Waals surface area contributed by atoms with Gasteiger partial charge in [-0.25, -0.2) is 34.9 Å². The monoisotopic (exact) mass is 506 g/mol. The van der Waals surface area contributed by atoms with Crippen molar-refractivity contribution in [2.45, 2.75) is 6.92 Å². The lowest BCUT2D eigenvalue weighted by atomic mass is 10.0. The Hall–Kier alpha value is -5.50. The summed E-state index contributed by atoms with van der Waals surface area (Å²) in [4.78, 5) is 36.2. The highest BCUT2D eigenvalue weighted by molar-refractivity contribution is 5.95. The molecule has 8 heteroatoms. The molecule has 0 fully saturated rings. The zero-order valence-corrected chi connectivity index (χ0v) is 21.1. The summed E-state index contributed by atoms with van der Waals surface area (Å²) in [5, 5.41) is 1.90.